The van der Waals surface area contributed by atoms with E-state index in [1.165, 1.54) is 31.2 Å². The van der Waals surface area contributed by atoms with Crippen LogP contribution in [0.25, 0.3) is 5.69 Å². The topological polar surface area (TPSA) is 84.2 Å². The number of aryl methyl sites for hydroxylation is 1. The molecule has 3 aromatic rings. The van der Waals surface area contributed by atoms with Gasteiger partial charge in [0, 0.05) is 15.3 Å². The predicted molar refractivity (Wildman–Crippen MR) is 112 cm³/mol. The van der Waals surface area contributed by atoms with Gasteiger partial charge in [0.25, 0.3) is 5.91 Å². The summed E-state index contributed by atoms with van der Waals surface area (Å²) in [5.41, 5.74) is -3.67. The van der Waals surface area contributed by atoms with Crippen molar-refractivity contribution in [3.8, 4) is 5.69 Å². The van der Waals surface area contributed by atoms with Crippen LogP contribution in [0.15, 0.2) is 42.5 Å². The molecule has 0 aliphatic carbocycles. The molecule has 1 aromatic heterocycles. The molecular formula is C20H12F6IN3O3. The molecule has 0 radical (unpaired) electrons. The van der Waals surface area contributed by atoms with Crippen molar-refractivity contribution in [3.63, 3.8) is 0 Å². The van der Waals surface area contributed by atoms with E-state index in [1.807, 2.05) is 0 Å². The summed E-state index contributed by atoms with van der Waals surface area (Å²) < 4.78 is 79.0. The molecule has 0 aliphatic rings. The first-order valence-corrected chi connectivity index (χ1v) is 9.96. The molecular weight excluding hydrogens is 571 g/mol. The smallest absolute Gasteiger partial charge is 0.435 e. The molecule has 0 spiro atoms. The molecule has 1 amide bonds. The highest BCUT2D eigenvalue weighted by Crippen LogP contribution is 2.36. The molecule has 2 N–H and O–H groups in total. The Morgan fingerprint density at radius 1 is 1.03 bits per heavy atom. The predicted octanol–water partition coefficient (Wildman–Crippen LogP) is 5.77. The standard InChI is InChI=1S/C20H12F6IN3O3/c1-9-7-10(30-15(20(24,25)26)8-14(29-30)19(21,22)23)5-6-13(9)28-17(31)11-3-2-4-12(27)16(11)18(32)33/h2-8H,1H3,(H,28,31)(H,32,33). The Morgan fingerprint density at radius 3 is 2.24 bits per heavy atom. The van der Waals surface area contributed by atoms with Crippen LogP contribution < -0.4 is 5.32 Å². The maximum atomic E-state index is 13.3. The van der Waals surface area contributed by atoms with Crippen molar-refractivity contribution >= 4 is 40.2 Å². The van der Waals surface area contributed by atoms with E-state index in [4.69, 9.17) is 0 Å². The van der Waals surface area contributed by atoms with E-state index in [0.29, 0.717) is 3.57 Å². The SMILES string of the molecule is Cc1cc(-n2nc(C(F)(F)F)cc2C(F)(F)F)ccc1NC(=O)c1cccc(I)c1C(=O)O. The van der Waals surface area contributed by atoms with Crippen LogP contribution in [0.5, 0.6) is 0 Å². The van der Waals surface area contributed by atoms with Gasteiger partial charge in [-0.25, -0.2) is 9.48 Å². The Bertz CT molecular complexity index is 1250. The highest BCUT2D eigenvalue weighted by atomic mass is 127. The molecule has 0 bridgehead atoms. The second kappa shape index (κ2) is 8.68. The van der Waals surface area contributed by atoms with E-state index in [1.54, 1.807) is 22.6 Å². The maximum absolute atomic E-state index is 13.3. The van der Waals surface area contributed by atoms with Gasteiger partial charge in [-0.05, 0) is 65.4 Å². The molecule has 3 rings (SSSR count). The van der Waals surface area contributed by atoms with Crippen LogP contribution in [0, 0.1) is 10.5 Å². The summed E-state index contributed by atoms with van der Waals surface area (Å²) >= 11 is 1.76. The fraction of sp³-hybridized carbons (Fsp3) is 0.150. The van der Waals surface area contributed by atoms with E-state index < -0.39 is 35.6 Å². The van der Waals surface area contributed by atoms with Gasteiger partial charge in [-0.3, -0.25) is 4.79 Å². The summed E-state index contributed by atoms with van der Waals surface area (Å²) in [5, 5.41) is 14.9. The summed E-state index contributed by atoms with van der Waals surface area (Å²) in [6.45, 7) is 1.41. The third-order valence-corrected chi connectivity index (χ3v) is 5.36. The Labute approximate surface area is 195 Å². The number of anilines is 1. The average Bonchev–Trinajstić information content (AvgIpc) is 3.15. The molecule has 33 heavy (non-hydrogen) atoms. The Hall–Kier alpha value is -3.10. The van der Waals surface area contributed by atoms with E-state index in [0.717, 1.165) is 12.1 Å². The number of nitrogens with one attached hydrogen (secondary N) is 1. The summed E-state index contributed by atoms with van der Waals surface area (Å²) in [5.74, 6) is -2.10. The molecule has 0 atom stereocenters. The third-order valence-electron chi connectivity index (χ3n) is 4.47. The van der Waals surface area contributed by atoms with Crippen LogP contribution in [-0.2, 0) is 12.4 Å². The molecule has 2 aromatic carbocycles. The lowest BCUT2D eigenvalue weighted by atomic mass is 10.1. The first-order valence-electron chi connectivity index (χ1n) is 8.88. The van der Waals surface area contributed by atoms with Crippen LogP contribution in [0.4, 0.5) is 32.0 Å². The molecule has 0 saturated heterocycles. The number of aromatic nitrogens is 2. The van der Waals surface area contributed by atoms with Gasteiger partial charge < -0.3 is 10.4 Å². The molecule has 174 valence electrons. The van der Waals surface area contributed by atoms with Crippen LogP contribution in [0.2, 0.25) is 0 Å². The van der Waals surface area contributed by atoms with Gasteiger partial charge in [-0.1, -0.05) is 6.07 Å². The highest BCUT2D eigenvalue weighted by molar-refractivity contribution is 14.1. The zero-order valence-electron chi connectivity index (χ0n) is 16.3. The number of nitrogens with zero attached hydrogens (tertiary/aromatic N) is 2. The first-order chi connectivity index (χ1) is 15.2. The van der Waals surface area contributed by atoms with Crippen molar-refractivity contribution in [1.82, 2.24) is 9.78 Å². The number of hydrogen-bond acceptors (Lipinski definition) is 3. The third kappa shape index (κ3) is 5.12. The van der Waals surface area contributed by atoms with Crippen molar-refractivity contribution in [3.05, 3.63) is 74.1 Å². The highest BCUT2D eigenvalue weighted by Gasteiger charge is 2.42. The molecule has 13 heteroatoms. The van der Waals surface area contributed by atoms with Crippen LogP contribution in [0.3, 0.4) is 0 Å². The van der Waals surface area contributed by atoms with Gasteiger partial charge in [0.05, 0.1) is 16.8 Å². The minimum atomic E-state index is -5.10. The fourth-order valence-corrected chi connectivity index (χ4v) is 3.69. The van der Waals surface area contributed by atoms with Crippen molar-refractivity contribution in [2.75, 3.05) is 5.32 Å². The minimum Gasteiger partial charge on any atom is -0.478 e. The molecule has 0 unspecified atom stereocenters. The van der Waals surface area contributed by atoms with Crippen LogP contribution in [-0.4, -0.2) is 26.8 Å². The fourth-order valence-electron chi connectivity index (χ4n) is 2.96. The van der Waals surface area contributed by atoms with E-state index in [-0.39, 0.29) is 38.8 Å². The molecule has 6 nitrogen and oxygen atoms in total. The summed E-state index contributed by atoms with van der Waals surface area (Å²) in [6, 6.07) is 7.54. The number of rotatable bonds is 4. The van der Waals surface area contributed by atoms with Gasteiger partial charge in [-0.2, -0.15) is 31.4 Å². The van der Waals surface area contributed by atoms with Gasteiger partial charge >= 0.3 is 18.3 Å². The number of alkyl halides is 6. The Balaban J connectivity index is 1.99. The molecule has 0 fully saturated rings. The maximum Gasteiger partial charge on any atom is 0.435 e. The number of hydrogen-bond donors (Lipinski definition) is 2. The second-order valence-electron chi connectivity index (χ2n) is 6.74. The monoisotopic (exact) mass is 583 g/mol. The largest absolute Gasteiger partial charge is 0.478 e. The zero-order valence-corrected chi connectivity index (χ0v) is 18.5. The molecule has 1 heterocycles. The number of carbonyl (C=O) groups excluding carboxylic acids is 1. The summed E-state index contributed by atoms with van der Waals surface area (Å²) in [6.07, 6.45) is -10.2. The number of carboxylic acid groups (broad SMARTS) is 1. The number of carboxylic acids is 1. The number of benzene rings is 2. The lowest BCUT2D eigenvalue weighted by molar-refractivity contribution is -0.143. The zero-order chi connectivity index (χ0) is 24.7. The lowest BCUT2D eigenvalue weighted by Gasteiger charge is -2.14. The van der Waals surface area contributed by atoms with Crippen LogP contribution in [0.1, 0.15) is 37.7 Å². The number of carbonyl (C=O) groups is 2. The van der Waals surface area contributed by atoms with E-state index in [9.17, 15) is 41.0 Å². The number of amides is 1. The summed E-state index contributed by atoms with van der Waals surface area (Å²) in [7, 11) is 0. The van der Waals surface area contributed by atoms with Crippen LogP contribution >= 0.6 is 22.6 Å². The molecule has 0 aliphatic heterocycles. The number of halogens is 7. The summed E-state index contributed by atoms with van der Waals surface area (Å²) in [4.78, 5) is 24.1. The first kappa shape index (κ1) is 24.5. The van der Waals surface area contributed by atoms with E-state index >= 15 is 0 Å². The Kier molecular flexibility index (Phi) is 6.46. The quantitative estimate of drug-likeness (QED) is 0.302. The van der Waals surface area contributed by atoms with Gasteiger partial charge in [0.15, 0.2) is 5.69 Å². The average molecular weight is 583 g/mol. The van der Waals surface area contributed by atoms with Gasteiger partial charge in [-0.15, -0.1) is 0 Å². The van der Waals surface area contributed by atoms with Crippen molar-refractivity contribution in [2.24, 2.45) is 0 Å². The molecule has 0 saturated carbocycles. The van der Waals surface area contributed by atoms with Crippen molar-refractivity contribution in [1.29, 1.82) is 0 Å². The minimum absolute atomic E-state index is 0.0878. The number of aromatic carboxylic acids is 1. The Morgan fingerprint density at radius 2 is 1.70 bits per heavy atom. The van der Waals surface area contributed by atoms with Crippen molar-refractivity contribution in [2.45, 2.75) is 19.3 Å². The van der Waals surface area contributed by atoms with Crippen molar-refractivity contribution < 1.29 is 41.0 Å². The lowest BCUT2D eigenvalue weighted by Crippen LogP contribution is -2.18. The van der Waals surface area contributed by atoms with Gasteiger partial charge in [0.2, 0.25) is 0 Å². The van der Waals surface area contributed by atoms with E-state index in [2.05, 4.69) is 10.4 Å². The normalized spacial score (nSPS) is 12.0. The van der Waals surface area contributed by atoms with Gasteiger partial charge in [0.1, 0.15) is 5.69 Å². The second-order valence-corrected chi connectivity index (χ2v) is 7.91.